The summed E-state index contributed by atoms with van der Waals surface area (Å²) in [4.78, 5) is 24.7. The van der Waals surface area contributed by atoms with Crippen molar-refractivity contribution in [1.82, 2.24) is 0 Å². The van der Waals surface area contributed by atoms with Crippen molar-refractivity contribution in [1.29, 1.82) is 0 Å². The first-order valence-electron chi connectivity index (χ1n) is 12.6. The average Bonchev–Trinajstić information content (AvgIpc) is 2.98. The molecule has 1 fully saturated rings. The molecule has 1 saturated heterocycles. The van der Waals surface area contributed by atoms with E-state index >= 15 is 0 Å². The van der Waals surface area contributed by atoms with Gasteiger partial charge in [0.15, 0.2) is 17.3 Å². The Morgan fingerprint density at radius 3 is 1.88 bits per heavy atom. The Labute approximate surface area is 239 Å². The van der Waals surface area contributed by atoms with Gasteiger partial charge in [0, 0.05) is 6.08 Å². The Hall–Kier alpha value is -4.88. The second-order valence-corrected chi connectivity index (χ2v) is 9.29. The summed E-state index contributed by atoms with van der Waals surface area (Å²) < 4.78 is 16.0. The molecular weight excluding hydrogens is 552 g/mol. The average molecular weight is 581 g/mol. The van der Waals surface area contributed by atoms with Gasteiger partial charge in [-0.2, -0.15) is 0 Å². The molecule has 0 spiro atoms. The Morgan fingerprint density at radius 1 is 0.714 bits per heavy atom. The number of phenols is 4. The van der Waals surface area contributed by atoms with E-state index in [0.717, 1.165) is 24.3 Å². The number of hydrogen-bond acceptors (Lipinski definition) is 12. The van der Waals surface area contributed by atoms with Crippen molar-refractivity contribution in [2.45, 2.75) is 30.7 Å². The first-order chi connectivity index (χ1) is 20.0. The summed E-state index contributed by atoms with van der Waals surface area (Å²) in [5.74, 6) is -3.43. The molecule has 0 aliphatic carbocycles. The van der Waals surface area contributed by atoms with E-state index in [1.807, 2.05) is 0 Å². The van der Waals surface area contributed by atoms with Gasteiger partial charge in [-0.05, 0) is 59.7 Å². The van der Waals surface area contributed by atoms with Crippen LogP contribution in [0.15, 0.2) is 72.8 Å². The lowest BCUT2D eigenvalue weighted by atomic mass is 9.99. The monoisotopic (exact) mass is 580 g/mol. The molecule has 0 bridgehead atoms. The summed E-state index contributed by atoms with van der Waals surface area (Å²) in [6.45, 7) is -0.540. The minimum Gasteiger partial charge on any atom is -0.508 e. The first-order valence-corrected chi connectivity index (χ1v) is 12.6. The molecule has 0 amide bonds. The number of carbonyl (C=O) groups excluding carboxylic acids is 2. The molecule has 0 saturated carbocycles. The summed E-state index contributed by atoms with van der Waals surface area (Å²) in [7, 11) is 0. The summed E-state index contributed by atoms with van der Waals surface area (Å²) in [5.41, 5.74) is 0.943. The van der Waals surface area contributed by atoms with Crippen LogP contribution >= 0.6 is 0 Å². The van der Waals surface area contributed by atoms with Gasteiger partial charge < -0.3 is 50.0 Å². The molecule has 4 rings (SSSR count). The lowest BCUT2D eigenvalue weighted by Gasteiger charge is -2.39. The number of aromatic hydroxyl groups is 4. The number of hydrogen-bond donors (Lipinski definition) is 7. The van der Waals surface area contributed by atoms with Gasteiger partial charge in [-0.3, -0.25) is 4.79 Å². The van der Waals surface area contributed by atoms with Gasteiger partial charge in [0.2, 0.25) is 12.0 Å². The number of esters is 1. The lowest BCUT2D eigenvalue weighted by molar-refractivity contribution is -0.278. The number of rotatable bonds is 9. The van der Waals surface area contributed by atoms with Crippen LogP contribution in [0.2, 0.25) is 0 Å². The van der Waals surface area contributed by atoms with Crippen LogP contribution in [0.5, 0.6) is 28.7 Å². The highest BCUT2D eigenvalue weighted by Crippen LogP contribution is 2.40. The molecule has 5 atom stereocenters. The first kappa shape index (κ1) is 30.1. The smallest absolute Gasteiger partial charge is 0.330 e. The van der Waals surface area contributed by atoms with E-state index in [-0.39, 0.29) is 17.1 Å². The third-order valence-electron chi connectivity index (χ3n) is 6.31. The summed E-state index contributed by atoms with van der Waals surface area (Å²) in [6, 6.07) is 14.3. The van der Waals surface area contributed by atoms with Gasteiger partial charge in [0.05, 0.1) is 5.56 Å². The number of allylic oxidation sites excluding steroid dienone is 1. The van der Waals surface area contributed by atoms with E-state index in [4.69, 9.17) is 14.2 Å². The van der Waals surface area contributed by atoms with E-state index in [1.165, 1.54) is 36.4 Å². The fourth-order valence-corrected chi connectivity index (χ4v) is 3.94. The summed E-state index contributed by atoms with van der Waals surface area (Å²) in [5, 5.41) is 70.5. The molecular formula is C30H28O12. The normalized spacial score (nSPS) is 22.3. The standard InChI is InChI=1S/C30H28O12/c31-18-7-1-16(2-8-18)5-12-21(33)20-11-13-22(26(36)25(20)35)41-30-29(39)28(38)27(37)23(42-30)15-40-24(34)14-6-17-3-9-19(32)10-4-17/h1-14,23,27-32,35-39H,15H2/b12-5+,14-6+/t23-,27+,28+,29-,30-/m1/s1. The molecule has 42 heavy (non-hydrogen) atoms. The molecule has 7 N–H and O–H groups in total. The van der Waals surface area contributed by atoms with Crippen molar-refractivity contribution >= 4 is 23.9 Å². The fraction of sp³-hybridized carbons (Fsp3) is 0.200. The SMILES string of the molecule is O=C(/C=C/c1ccc(O)cc1)OC[C@H]1O[C@@H](Oc2ccc(C(=O)/C=C/c3ccc(O)cc3)c(O)c2O)[C@H](O)[C@@H](O)[C@H]1O. The predicted molar refractivity (Wildman–Crippen MR) is 147 cm³/mol. The Kier molecular flexibility index (Phi) is 9.45. The number of benzene rings is 3. The summed E-state index contributed by atoms with van der Waals surface area (Å²) in [6.07, 6.45) is -3.17. The van der Waals surface area contributed by atoms with Crippen molar-refractivity contribution < 1.29 is 59.5 Å². The Balaban J connectivity index is 1.40. The van der Waals surface area contributed by atoms with Crippen LogP contribution in [0.4, 0.5) is 0 Å². The number of aliphatic hydroxyl groups excluding tert-OH is 3. The van der Waals surface area contributed by atoms with Crippen LogP contribution in [0, 0.1) is 0 Å². The van der Waals surface area contributed by atoms with Gasteiger partial charge in [-0.1, -0.05) is 30.3 Å². The molecule has 3 aromatic carbocycles. The van der Waals surface area contributed by atoms with Gasteiger partial charge in [-0.25, -0.2) is 4.79 Å². The molecule has 1 aliphatic heterocycles. The lowest BCUT2D eigenvalue weighted by Crippen LogP contribution is -2.60. The molecule has 220 valence electrons. The maximum atomic E-state index is 12.6. The highest BCUT2D eigenvalue weighted by atomic mass is 16.7. The molecule has 0 aromatic heterocycles. The van der Waals surface area contributed by atoms with Crippen LogP contribution in [0.25, 0.3) is 12.2 Å². The Morgan fingerprint density at radius 2 is 1.29 bits per heavy atom. The highest BCUT2D eigenvalue weighted by molar-refractivity contribution is 6.09. The number of carbonyl (C=O) groups is 2. The molecule has 12 heteroatoms. The maximum absolute atomic E-state index is 12.6. The fourth-order valence-electron chi connectivity index (χ4n) is 3.94. The van der Waals surface area contributed by atoms with E-state index in [1.54, 1.807) is 24.3 Å². The topological polar surface area (TPSA) is 203 Å². The van der Waals surface area contributed by atoms with Crippen LogP contribution < -0.4 is 4.74 Å². The van der Waals surface area contributed by atoms with E-state index in [2.05, 4.69) is 0 Å². The zero-order valence-electron chi connectivity index (χ0n) is 21.8. The minimum atomic E-state index is -1.81. The van der Waals surface area contributed by atoms with E-state index in [0.29, 0.717) is 11.1 Å². The highest BCUT2D eigenvalue weighted by Gasteiger charge is 2.45. The van der Waals surface area contributed by atoms with Crippen molar-refractivity contribution in [3.05, 3.63) is 89.5 Å². The third-order valence-corrected chi connectivity index (χ3v) is 6.31. The zero-order valence-corrected chi connectivity index (χ0v) is 21.8. The maximum Gasteiger partial charge on any atom is 0.330 e. The number of aliphatic hydroxyl groups is 3. The van der Waals surface area contributed by atoms with Gasteiger partial charge in [0.1, 0.15) is 42.5 Å². The number of ketones is 1. The number of phenolic OH excluding ortho intramolecular Hbond substituents is 4. The van der Waals surface area contributed by atoms with Crippen molar-refractivity contribution in [3.63, 3.8) is 0 Å². The molecule has 0 unspecified atom stereocenters. The predicted octanol–water partition coefficient (Wildman–Crippen LogP) is 1.85. The van der Waals surface area contributed by atoms with Gasteiger partial charge in [0.25, 0.3) is 0 Å². The van der Waals surface area contributed by atoms with Crippen LogP contribution in [-0.2, 0) is 14.3 Å². The van der Waals surface area contributed by atoms with Crippen molar-refractivity contribution in [2.24, 2.45) is 0 Å². The zero-order chi connectivity index (χ0) is 30.4. The van der Waals surface area contributed by atoms with Crippen LogP contribution in [0.3, 0.4) is 0 Å². The van der Waals surface area contributed by atoms with Crippen molar-refractivity contribution in [3.8, 4) is 28.7 Å². The minimum absolute atomic E-state index is 0.0530. The molecule has 1 aliphatic rings. The molecule has 1 heterocycles. The Bertz CT molecular complexity index is 1460. The largest absolute Gasteiger partial charge is 0.508 e. The van der Waals surface area contributed by atoms with Crippen molar-refractivity contribution in [2.75, 3.05) is 6.61 Å². The third kappa shape index (κ3) is 7.25. The van der Waals surface area contributed by atoms with Crippen LogP contribution in [0.1, 0.15) is 21.5 Å². The molecule has 3 aromatic rings. The second-order valence-electron chi connectivity index (χ2n) is 9.29. The summed E-state index contributed by atoms with van der Waals surface area (Å²) >= 11 is 0. The number of ether oxygens (including phenoxy) is 3. The molecule has 12 nitrogen and oxygen atoms in total. The van der Waals surface area contributed by atoms with Gasteiger partial charge >= 0.3 is 5.97 Å². The quantitative estimate of drug-likeness (QED) is 0.0839. The van der Waals surface area contributed by atoms with E-state index < -0.39 is 66.3 Å². The second kappa shape index (κ2) is 13.2. The van der Waals surface area contributed by atoms with Gasteiger partial charge in [-0.15, -0.1) is 0 Å². The van der Waals surface area contributed by atoms with Crippen LogP contribution in [-0.4, -0.2) is 84.8 Å². The molecule has 0 radical (unpaired) electrons. The van der Waals surface area contributed by atoms with E-state index in [9.17, 15) is 45.3 Å².